The molecule has 0 saturated carbocycles. The van der Waals surface area contributed by atoms with Crippen molar-refractivity contribution >= 4 is 0 Å². The molecule has 1 aromatic carbocycles. The van der Waals surface area contributed by atoms with Crippen molar-refractivity contribution in [3.05, 3.63) is 54.4 Å². The maximum Gasteiger partial charge on any atom is 0.257 e. The van der Waals surface area contributed by atoms with Crippen molar-refractivity contribution in [3.8, 4) is 11.5 Å². The molecule has 1 N–H and O–H groups in total. The molecule has 0 aliphatic carbocycles. The van der Waals surface area contributed by atoms with Crippen LogP contribution >= 0.6 is 0 Å². The second kappa shape index (κ2) is 6.54. The van der Waals surface area contributed by atoms with Crippen LogP contribution in [0.3, 0.4) is 0 Å². The fourth-order valence-corrected chi connectivity index (χ4v) is 3.09. The van der Waals surface area contributed by atoms with Gasteiger partial charge in [-0.15, -0.1) is 0 Å². The van der Waals surface area contributed by atoms with E-state index in [1.807, 2.05) is 49.8 Å². The molecule has 24 heavy (non-hydrogen) atoms. The SMILES string of the molecule is Cn1ccnc1C1CNCCN1Cc1noc(-c2ccccc2)n1. The summed E-state index contributed by atoms with van der Waals surface area (Å²) in [6, 6.07) is 10.0. The Bertz CT molecular complexity index is 796. The van der Waals surface area contributed by atoms with Gasteiger partial charge in [0.1, 0.15) is 5.82 Å². The van der Waals surface area contributed by atoms with Crippen molar-refractivity contribution in [1.82, 2.24) is 29.9 Å². The predicted molar refractivity (Wildman–Crippen MR) is 89.0 cm³/mol. The minimum absolute atomic E-state index is 0.206. The molecular formula is C17H20N6O. The summed E-state index contributed by atoms with van der Waals surface area (Å²) in [5.41, 5.74) is 0.942. The number of hydrogen-bond acceptors (Lipinski definition) is 6. The Labute approximate surface area is 140 Å². The second-order valence-electron chi connectivity index (χ2n) is 5.97. The van der Waals surface area contributed by atoms with Gasteiger partial charge in [0.15, 0.2) is 5.82 Å². The highest BCUT2D eigenvalue weighted by molar-refractivity contribution is 5.51. The van der Waals surface area contributed by atoms with Crippen LogP contribution in [0.15, 0.2) is 47.2 Å². The van der Waals surface area contributed by atoms with Gasteiger partial charge >= 0.3 is 0 Å². The van der Waals surface area contributed by atoms with Crippen LogP contribution in [0.25, 0.3) is 11.5 Å². The molecule has 1 unspecified atom stereocenters. The smallest absolute Gasteiger partial charge is 0.257 e. The van der Waals surface area contributed by atoms with E-state index in [9.17, 15) is 0 Å². The van der Waals surface area contributed by atoms with Gasteiger partial charge in [-0.2, -0.15) is 4.98 Å². The number of aryl methyl sites for hydroxylation is 1. The molecule has 0 amide bonds. The van der Waals surface area contributed by atoms with Gasteiger partial charge in [-0.3, -0.25) is 4.90 Å². The topological polar surface area (TPSA) is 72.0 Å². The first kappa shape index (κ1) is 15.0. The van der Waals surface area contributed by atoms with Gasteiger partial charge in [0.2, 0.25) is 0 Å². The Morgan fingerprint density at radius 3 is 2.96 bits per heavy atom. The zero-order valence-corrected chi connectivity index (χ0v) is 13.6. The van der Waals surface area contributed by atoms with Crippen LogP contribution < -0.4 is 5.32 Å². The predicted octanol–water partition coefficient (Wildman–Crippen LogP) is 1.62. The molecule has 124 valence electrons. The Morgan fingerprint density at radius 1 is 1.29 bits per heavy atom. The Balaban J connectivity index is 1.53. The zero-order chi connectivity index (χ0) is 16.4. The third kappa shape index (κ3) is 2.95. The van der Waals surface area contributed by atoms with Gasteiger partial charge in [-0.1, -0.05) is 23.4 Å². The highest BCUT2D eigenvalue weighted by Crippen LogP contribution is 2.23. The molecule has 7 heteroatoms. The lowest BCUT2D eigenvalue weighted by Crippen LogP contribution is -2.46. The third-order valence-electron chi connectivity index (χ3n) is 4.34. The number of rotatable bonds is 4. The molecule has 3 heterocycles. The van der Waals surface area contributed by atoms with Crippen LogP contribution in [0, 0.1) is 0 Å². The van der Waals surface area contributed by atoms with Gasteiger partial charge < -0.3 is 14.4 Å². The fraction of sp³-hybridized carbons (Fsp3) is 0.353. The average Bonchev–Trinajstić information content (AvgIpc) is 3.25. The van der Waals surface area contributed by atoms with Crippen LogP contribution in [0.1, 0.15) is 17.7 Å². The van der Waals surface area contributed by atoms with Crippen LogP contribution in [-0.2, 0) is 13.6 Å². The van der Waals surface area contributed by atoms with Gasteiger partial charge in [0, 0.05) is 44.6 Å². The van der Waals surface area contributed by atoms with Crippen LogP contribution in [0.5, 0.6) is 0 Å². The summed E-state index contributed by atoms with van der Waals surface area (Å²) in [5.74, 6) is 2.32. The molecule has 1 fully saturated rings. The van der Waals surface area contributed by atoms with E-state index in [0.717, 1.165) is 31.0 Å². The normalized spacial score (nSPS) is 18.8. The van der Waals surface area contributed by atoms with E-state index in [4.69, 9.17) is 4.52 Å². The number of piperazine rings is 1. The van der Waals surface area contributed by atoms with E-state index in [2.05, 4.69) is 29.9 Å². The molecule has 1 aliphatic rings. The van der Waals surface area contributed by atoms with Crippen molar-refractivity contribution in [3.63, 3.8) is 0 Å². The first-order chi connectivity index (χ1) is 11.8. The minimum Gasteiger partial charge on any atom is -0.337 e. The van der Waals surface area contributed by atoms with Crippen molar-refractivity contribution < 1.29 is 4.52 Å². The standard InChI is InChI=1S/C17H20N6O/c1-22-9-8-19-16(22)14-11-18-7-10-23(14)12-15-20-17(24-21-15)13-5-3-2-4-6-13/h2-6,8-9,14,18H,7,10-12H2,1H3. The Morgan fingerprint density at radius 2 is 2.17 bits per heavy atom. The molecule has 4 rings (SSSR count). The van der Waals surface area contributed by atoms with Crippen molar-refractivity contribution in [2.75, 3.05) is 19.6 Å². The number of nitrogens with zero attached hydrogens (tertiary/aromatic N) is 5. The Hall–Kier alpha value is -2.51. The summed E-state index contributed by atoms with van der Waals surface area (Å²) in [4.78, 5) is 11.4. The van der Waals surface area contributed by atoms with E-state index in [1.165, 1.54) is 0 Å². The summed E-state index contributed by atoms with van der Waals surface area (Å²) >= 11 is 0. The van der Waals surface area contributed by atoms with Gasteiger partial charge in [0.05, 0.1) is 12.6 Å². The quantitative estimate of drug-likeness (QED) is 0.786. The molecule has 2 aromatic heterocycles. The summed E-state index contributed by atoms with van der Waals surface area (Å²) < 4.78 is 7.48. The molecule has 0 radical (unpaired) electrons. The van der Waals surface area contributed by atoms with Crippen molar-refractivity contribution in [2.24, 2.45) is 7.05 Å². The first-order valence-electron chi connectivity index (χ1n) is 8.11. The summed E-state index contributed by atoms with van der Waals surface area (Å²) in [7, 11) is 2.02. The lowest BCUT2D eigenvalue weighted by molar-refractivity contribution is 0.139. The summed E-state index contributed by atoms with van der Waals surface area (Å²) in [5, 5.41) is 7.59. The number of hydrogen-bond donors (Lipinski definition) is 1. The molecule has 0 spiro atoms. The Kier molecular flexibility index (Phi) is 4.10. The monoisotopic (exact) mass is 324 g/mol. The maximum atomic E-state index is 5.42. The van der Waals surface area contributed by atoms with E-state index in [1.54, 1.807) is 0 Å². The lowest BCUT2D eigenvalue weighted by Gasteiger charge is -2.34. The van der Waals surface area contributed by atoms with Gasteiger partial charge in [0.25, 0.3) is 5.89 Å². The fourth-order valence-electron chi connectivity index (χ4n) is 3.09. The van der Waals surface area contributed by atoms with Gasteiger partial charge in [-0.25, -0.2) is 4.98 Å². The molecule has 1 aliphatic heterocycles. The zero-order valence-electron chi connectivity index (χ0n) is 13.6. The molecule has 3 aromatic rings. The lowest BCUT2D eigenvalue weighted by atomic mass is 10.1. The number of nitrogens with one attached hydrogen (secondary N) is 1. The maximum absolute atomic E-state index is 5.42. The van der Waals surface area contributed by atoms with Gasteiger partial charge in [-0.05, 0) is 12.1 Å². The molecule has 7 nitrogen and oxygen atoms in total. The third-order valence-corrected chi connectivity index (χ3v) is 4.34. The van der Waals surface area contributed by atoms with E-state index >= 15 is 0 Å². The largest absolute Gasteiger partial charge is 0.337 e. The first-order valence-corrected chi connectivity index (χ1v) is 8.11. The van der Waals surface area contributed by atoms with E-state index in [-0.39, 0.29) is 6.04 Å². The minimum atomic E-state index is 0.206. The van der Waals surface area contributed by atoms with E-state index < -0.39 is 0 Å². The average molecular weight is 324 g/mol. The highest BCUT2D eigenvalue weighted by atomic mass is 16.5. The number of imidazole rings is 1. The molecule has 1 saturated heterocycles. The number of benzene rings is 1. The van der Waals surface area contributed by atoms with Crippen LogP contribution in [0.2, 0.25) is 0 Å². The second-order valence-corrected chi connectivity index (χ2v) is 5.97. The molecule has 0 bridgehead atoms. The molecular weight excluding hydrogens is 304 g/mol. The van der Waals surface area contributed by atoms with Crippen molar-refractivity contribution in [2.45, 2.75) is 12.6 Å². The highest BCUT2D eigenvalue weighted by Gasteiger charge is 2.28. The molecule has 1 atom stereocenters. The van der Waals surface area contributed by atoms with Crippen molar-refractivity contribution in [1.29, 1.82) is 0 Å². The van der Waals surface area contributed by atoms with Crippen LogP contribution in [-0.4, -0.2) is 44.2 Å². The number of aromatic nitrogens is 4. The van der Waals surface area contributed by atoms with Crippen LogP contribution in [0.4, 0.5) is 0 Å². The van der Waals surface area contributed by atoms with E-state index in [0.29, 0.717) is 18.3 Å². The summed E-state index contributed by atoms with van der Waals surface area (Å²) in [6.45, 7) is 3.39. The summed E-state index contributed by atoms with van der Waals surface area (Å²) in [6.07, 6.45) is 3.81.